The normalized spacial score (nSPS) is 23.1. The van der Waals surface area contributed by atoms with E-state index >= 15 is 0 Å². The molecular weight excluding hydrogens is 202 g/mol. The first-order chi connectivity index (χ1) is 7.59. The van der Waals surface area contributed by atoms with Gasteiger partial charge in [0.15, 0.2) is 0 Å². The second-order valence-electron chi connectivity index (χ2n) is 4.97. The number of carbonyl (C=O) groups excluding carboxylic acids is 1. The maximum Gasteiger partial charge on any atom is 0.221 e. The molecule has 1 aliphatic heterocycles. The summed E-state index contributed by atoms with van der Waals surface area (Å²) in [5, 5.41) is 6.38. The minimum absolute atomic E-state index is 0.174. The van der Waals surface area contributed by atoms with Crippen molar-refractivity contribution in [3.63, 3.8) is 0 Å². The first-order valence-electron chi connectivity index (χ1n) is 6.26. The Morgan fingerprint density at radius 2 is 2.25 bits per heavy atom. The lowest BCUT2D eigenvalue weighted by Crippen LogP contribution is -2.42. The molecule has 0 spiro atoms. The molecule has 1 fully saturated rings. The monoisotopic (exact) mass is 227 g/mol. The zero-order valence-corrected chi connectivity index (χ0v) is 10.8. The Bertz CT molecular complexity index is 212. The molecule has 0 aliphatic carbocycles. The summed E-state index contributed by atoms with van der Waals surface area (Å²) in [4.78, 5) is 13.8. The van der Waals surface area contributed by atoms with Crippen LogP contribution in [0.25, 0.3) is 0 Å². The lowest BCUT2D eigenvalue weighted by Gasteiger charge is -2.24. The van der Waals surface area contributed by atoms with Gasteiger partial charge in [0.05, 0.1) is 0 Å². The number of hydrogen-bond donors (Lipinski definition) is 2. The van der Waals surface area contributed by atoms with Gasteiger partial charge in [0.2, 0.25) is 5.91 Å². The number of nitrogens with one attached hydrogen (secondary N) is 2. The molecule has 1 amide bonds. The Balaban J connectivity index is 2.14. The van der Waals surface area contributed by atoms with Crippen LogP contribution in [0.5, 0.6) is 0 Å². The van der Waals surface area contributed by atoms with E-state index in [9.17, 15) is 4.79 Å². The summed E-state index contributed by atoms with van der Waals surface area (Å²) in [5.74, 6) is 0.174. The molecule has 1 aliphatic rings. The smallest absolute Gasteiger partial charge is 0.221 e. The molecule has 94 valence electrons. The number of piperidine rings is 1. The second kappa shape index (κ2) is 6.86. The highest BCUT2D eigenvalue weighted by atomic mass is 16.1. The van der Waals surface area contributed by atoms with Gasteiger partial charge in [-0.25, -0.2) is 0 Å². The first kappa shape index (κ1) is 13.5. The Kier molecular flexibility index (Phi) is 5.77. The molecule has 0 radical (unpaired) electrons. The standard InChI is InChI=1S/C12H25N3O/c1-10(15(2)3)9-14-12(16)8-11-6-4-5-7-13-11/h10-11,13H,4-9H2,1-3H3,(H,14,16). The van der Waals surface area contributed by atoms with Crippen molar-refractivity contribution in [1.29, 1.82) is 0 Å². The fraction of sp³-hybridized carbons (Fsp3) is 0.917. The summed E-state index contributed by atoms with van der Waals surface area (Å²) in [6, 6.07) is 0.784. The summed E-state index contributed by atoms with van der Waals surface area (Å²) < 4.78 is 0. The van der Waals surface area contributed by atoms with Crippen LogP contribution in [0.2, 0.25) is 0 Å². The molecule has 2 unspecified atom stereocenters. The Morgan fingerprint density at radius 1 is 1.50 bits per heavy atom. The van der Waals surface area contributed by atoms with Gasteiger partial charge >= 0.3 is 0 Å². The number of likely N-dealkylation sites (N-methyl/N-ethyl adjacent to an activating group) is 1. The van der Waals surface area contributed by atoms with Crippen molar-refractivity contribution in [1.82, 2.24) is 15.5 Å². The zero-order valence-electron chi connectivity index (χ0n) is 10.8. The Morgan fingerprint density at radius 3 is 2.81 bits per heavy atom. The van der Waals surface area contributed by atoms with Crippen molar-refractivity contribution >= 4 is 5.91 Å². The quantitative estimate of drug-likeness (QED) is 0.722. The van der Waals surface area contributed by atoms with Gasteiger partial charge in [0.1, 0.15) is 0 Å². The number of hydrogen-bond acceptors (Lipinski definition) is 3. The van der Waals surface area contributed by atoms with Crippen molar-refractivity contribution in [3.05, 3.63) is 0 Å². The molecule has 0 bridgehead atoms. The lowest BCUT2D eigenvalue weighted by atomic mass is 10.0. The van der Waals surface area contributed by atoms with E-state index in [0.29, 0.717) is 18.5 Å². The van der Waals surface area contributed by atoms with Gasteiger partial charge in [-0.05, 0) is 40.4 Å². The van der Waals surface area contributed by atoms with Gasteiger partial charge < -0.3 is 15.5 Å². The predicted octanol–water partition coefficient (Wildman–Crippen LogP) is 0.585. The van der Waals surface area contributed by atoms with E-state index in [1.807, 2.05) is 14.1 Å². The van der Waals surface area contributed by atoms with Crippen LogP contribution in [0.15, 0.2) is 0 Å². The average molecular weight is 227 g/mol. The highest BCUT2D eigenvalue weighted by Gasteiger charge is 2.16. The van der Waals surface area contributed by atoms with Crippen LogP contribution in [0.1, 0.15) is 32.6 Å². The Hall–Kier alpha value is -0.610. The van der Waals surface area contributed by atoms with Crippen LogP contribution >= 0.6 is 0 Å². The third-order valence-corrected chi connectivity index (χ3v) is 3.32. The molecule has 0 aromatic carbocycles. The topological polar surface area (TPSA) is 44.4 Å². The van der Waals surface area contributed by atoms with E-state index in [4.69, 9.17) is 0 Å². The van der Waals surface area contributed by atoms with Gasteiger partial charge in [-0.15, -0.1) is 0 Å². The molecule has 2 atom stereocenters. The predicted molar refractivity (Wildman–Crippen MR) is 66.4 cm³/mol. The van der Waals surface area contributed by atoms with Crippen LogP contribution in [0.3, 0.4) is 0 Å². The van der Waals surface area contributed by atoms with E-state index < -0.39 is 0 Å². The molecule has 4 nitrogen and oxygen atoms in total. The van der Waals surface area contributed by atoms with Crippen LogP contribution < -0.4 is 10.6 Å². The molecule has 0 saturated carbocycles. The largest absolute Gasteiger partial charge is 0.354 e. The highest BCUT2D eigenvalue weighted by Crippen LogP contribution is 2.09. The van der Waals surface area contributed by atoms with E-state index in [1.165, 1.54) is 12.8 Å². The highest BCUT2D eigenvalue weighted by molar-refractivity contribution is 5.76. The van der Waals surface area contributed by atoms with Crippen LogP contribution in [-0.4, -0.2) is 50.1 Å². The van der Waals surface area contributed by atoms with Crippen molar-refractivity contribution in [2.75, 3.05) is 27.2 Å². The molecule has 1 heterocycles. The van der Waals surface area contributed by atoms with Crippen molar-refractivity contribution in [2.24, 2.45) is 0 Å². The maximum atomic E-state index is 11.7. The summed E-state index contributed by atoms with van der Waals surface area (Å²) in [6.45, 7) is 3.91. The average Bonchev–Trinajstić information content (AvgIpc) is 2.27. The molecule has 1 rings (SSSR count). The Labute approximate surface area is 98.8 Å². The van der Waals surface area contributed by atoms with Crippen molar-refractivity contribution in [3.8, 4) is 0 Å². The van der Waals surface area contributed by atoms with Crippen molar-refractivity contribution < 1.29 is 4.79 Å². The second-order valence-corrected chi connectivity index (χ2v) is 4.97. The first-order valence-corrected chi connectivity index (χ1v) is 6.26. The number of amides is 1. The molecular formula is C12H25N3O. The van der Waals surface area contributed by atoms with Gasteiger partial charge in [0, 0.05) is 25.0 Å². The van der Waals surface area contributed by atoms with E-state index in [1.54, 1.807) is 0 Å². The van der Waals surface area contributed by atoms with Gasteiger partial charge in [-0.1, -0.05) is 6.42 Å². The van der Waals surface area contributed by atoms with E-state index in [2.05, 4.69) is 22.5 Å². The fourth-order valence-electron chi connectivity index (χ4n) is 1.84. The fourth-order valence-corrected chi connectivity index (χ4v) is 1.84. The van der Waals surface area contributed by atoms with E-state index in [0.717, 1.165) is 19.5 Å². The van der Waals surface area contributed by atoms with Crippen LogP contribution in [-0.2, 0) is 4.79 Å². The van der Waals surface area contributed by atoms with E-state index in [-0.39, 0.29) is 5.91 Å². The lowest BCUT2D eigenvalue weighted by molar-refractivity contribution is -0.121. The minimum atomic E-state index is 0.174. The van der Waals surface area contributed by atoms with Gasteiger partial charge in [-0.3, -0.25) is 4.79 Å². The zero-order chi connectivity index (χ0) is 12.0. The minimum Gasteiger partial charge on any atom is -0.354 e. The van der Waals surface area contributed by atoms with Gasteiger partial charge in [-0.2, -0.15) is 0 Å². The summed E-state index contributed by atoms with van der Waals surface area (Å²) in [7, 11) is 4.05. The molecule has 1 saturated heterocycles. The molecule has 16 heavy (non-hydrogen) atoms. The summed E-state index contributed by atoms with van der Waals surface area (Å²) in [6.07, 6.45) is 4.26. The third kappa shape index (κ3) is 4.94. The molecule has 0 aromatic heterocycles. The molecule has 0 aromatic rings. The molecule has 2 N–H and O–H groups in total. The number of rotatable bonds is 5. The van der Waals surface area contributed by atoms with Gasteiger partial charge in [0.25, 0.3) is 0 Å². The van der Waals surface area contributed by atoms with Crippen LogP contribution in [0, 0.1) is 0 Å². The third-order valence-electron chi connectivity index (χ3n) is 3.32. The van der Waals surface area contributed by atoms with Crippen molar-refractivity contribution in [2.45, 2.75) is 44.7 Å². The summed E-state index contributed by atoms with van der Waals surface area (Å²) >= 11 is 0. The van der Waals surface area contributed by atoms with Crippen LogP contribution in [0.4, 0.5) is 0 Å². The number of nitrogens with zero attached hydrogens (tertiary/aromatic N) is 1. The summed E-state index contributed by atoms with van der Waals surface area (Å²) in [5.41, 5.74) is 0. The number of carbonyl (C=O) groups is 1. The molecule has 4 heteroatoms. The maximum absolute atomic E-state index is 11.7. The SMILES string of the molecule is CC(CNC(=O)CC1CCCCN1)N(C)C.